The van der Waals surface area contributed by atoms with E-state index in [0.29, 0.717) is 19.8 Å². The van der Waals surface area contributed by atoms with E-state index in [1.165, 1.54) is 25.7 Å². The molecule has 5 nitrogen and oxygen atoms in total. The highest BCUT2D eigenvalue weighted by Gasteiger charge is 2.05. The van der Waals surface area contributed by atoms with Gasteiger partial charge in [-0.25, -0.2) is 0 Å². The van der Waals surface area contributed by atoms with Crippen molar-refractivity contribution in [2.45, 2.75) is 46.0 Å². The molecule has 0 atom stereocenters. The monoisotopic (exact) mass is 336 g/mol. The number of amides is 1. The van der Waals surface area contributed by atoms with Crippen LogP contribution in [0.15, 0.2) is 24.3 Å². The third kappa shape index (κ3) is 9.40. The Kier molecular flexibility index (Phi) is 11.6. The zero-order valence-electron chi connectivity index (χ0n) is 15.1. The van der Waals surface area contributed by atoms with Crippen molar-refractivity contribution in [2.24, 2.45) is 0 Å². The van der Waals surface area contributed by atoms with Gasteiger partial charge in [0.15, 0.2) is 0 Å². The van der Waals surface area contributed by atoms with Crippen LogP contribution < -0.4 is 15.4 Å². The van der Waals surface area contributed by atoms with Crippen LogP contribution in [0.5, 0.6) is 5.75 Å². The summed E-state index contributed by atoms with van der Waals surface area (Å²) in [5, 5.41) is 6.08. The van der Waals surface area contributed by atoms with Gasteiger partial charge in [-0.1, -0.05) is 44.7 Å². The molecular formula is C19H32N2O3. The Labute approximate surface area is 146 Å². The summed E-state index contributed by atoms with van der Waals surface area (Å²) in [6.45, 7) is 6.89. The summed E-state index contributed by atoms with van der Waals surface area (Å²) < 4.78 is 11.0. The zero-order chi connectivity index (χ0) is 17.5. The highest BCUT2D eigenvalue weighted by Crippen LogP contribution is 2.23. The van der Waals surface area contributed by atoms with E-state index in [9.17, 15) is 4.79 Å². The molecule has 1 amide bonds. The number of carbonyl (C=O) groups excluding carboxylic acids is 1. The Morgan fingerprint density at radius 3 is 2.62 bits per heavy atom. The molecule has 0 fully saturated rings. The number of para-hydroxylation sites is 2. The van der Waals surface area contributed by atoms with Crippen molar-refractivity contribution >= 4 is 11.6 Å². The smallest absolute Gasteiger partial charge is 0.239 e. The lowest BCUT2D eigenvalue weighted by atomic mass is 10.1. The molecule has 0 saturated carbocycles. The number of hydrogen-bond donors (Lipinski definition) is 2. The Bertz CT molecular complexity index is 452. The molecule has 0 unspecified atom stereocenters. The Balaban J connectivity index is 2.24. The van der Waals surface area contributed by atoms with Gasteiger partial charge in [0.1, 0.15) is 12.4 Å². The van der Waals surface area contributed by atoms with Crippen LogP contribution in [0.4, 0.5) is 5.69 Å². The maximum Gasteiger partial charge on any atom is 0.239 e. The van der Waals surface area contributed by atoms with Crippen molar-refractivity contribution in [3.05, 3.63) is 24.3 Å². The van der Waals surface area contributed by atoms with Crippen LogP contribution in [0.1, 0.15) is 46.0 Å². The molecule has 1 aromatic rings. The van der Waals surface area contributed by atoms with Gasteiger partial charge in [0.2, 0.25) is 5.91 Å². The number of carbonyl (C=O) groups is 1. The van der Waals surface area contributed by atoms with E-state index in [4.69, 9.17) is 9.47 Å². The summed E-state index contributed by atoms with van der Waals surface area (Å²) in [4.78, 5) is 11.9. The van der Waals surface area contributed by atoms with Gasteiger partial charge in [0, 0.05) is 13.2 Å². The van der Waals surface area contributed by atoms with Crippen molar-refractivity contribution in [1.29, 1.82) is 0 Å². The molecule has 0 heterocycles. The van der Waals surface area contributed by atoms with Gasteiger partial charge in [0.05, 0.1) is 18.8 Å². The molecule has 2 N–H and O–H groups in total. The molecule has 0 aliphatic heterocycles. The van der Waals surface area contributed by atoms with Gasteiger partial charge in [0.25, 0.3) is 0 Å². The molecule has 0 saturated heterocycles. The summed E-state index contributed by atoms with van der Waals surface area (Å²) in [6, 6.07) is 7.63. The predicted molar refractivity (Wildman–Crippen MR) is 98.7 cm³/mol. The van der Waals surface area contributed by atoms with Crippen LogP contribution in [0.25, 0.3) is 0 Å². The number of nitrogens with one attached hydrogen (secondary N) is 2. The molecule has 0 aromatic heterocycles. The van der Waals surface area contributed by atoms with E-state index < -0.39 is 0 Å². The quantitative estimate of drug-likeness (QED) is 0.510. The average Bonchev–Trinajstić information content (AvgIpc) is 2.60. The first-order valence-electron chi connectivity index (χ1n) is 9.08. The SMILES string of the molecule is CCCCCCCNC(=O)CNc1ccccc1OCCOCC. The number of hydrogen-bond acceptors (Lipinski definition) is 4. The van der Waals surface area contributed by atoms with Crippen LogP contribution in [-0.4, -0.2) is 38.8 Å². The fourth-order valence-corrected chi connectivity index (χ4v) is 2.29. The van der Waals surface area contributed by atoms with Crippen LogP contribution in [0.2, 0.25) is 0 Å². The predicted octanol–water partition coefficient (Wildman–Crippen LogP) is 3.60. The molecule has 1 aromatic carbocycles. The zero-order valence-corrected chi connectivity index (χ0v) is 15.1. The van der Waals surface area contributed by atoms with E-state index in [1.54, 1.807) is 0 Å². The number of ether oxygens (including phenoxy) is 2. The lowest BCUT2D eigenvalue weighted by Crippen LogP contribution is -2.30. The molecule has 1 rings (SSSR count). The number of benzene rings is 1. The van der Waals surface area contributed by atoms with Crippen molar-refractivity contribution in [3.8, 4) is 5.75 Å². The van der Waals surface area contributed by atoms with Crippen molar-refractivity contribution in [2.75, 3.05) is 38.2 Å². The number of anilines is 1. The van der Waals surface area contributed by atoms with Crippen LogP contribution >= 0.6 is 0 Å². The molecule has 0 spiro atoms. The normalized spacial score (nSPS) is 10.4. The van der Waals surface area contributed by atoms with Gasteiger partial charge >= 0.3 is 0 Å². The van der Waals surface area contributed by atoms with Crippen LogP contribution in [-0.2, 0) is 9.53 Å². The second kappa shape index (κ2) is 13.7. The largest absolute Gasteiger partial charge is 0.489 e. The fraction of sp³-hybridized carbons (Fsp3) is 0.632. The average molecular weight is 336 g/mol. The summed E-state index contributed by atoms with van der Waals surface area (Å²) in [5.74, 6) is 0.749. The van der Waals surface area contributed by atoms with Gasteiger partial charge in [-0.05, 0) is 25.5 Å². The third-order valence-corrected chi connectivity index (χ3v) is 3.62. The molecule has 0 aliphatic rings. The van der Waals surface area contributed by atoms with Crippen molar-refractivity contribution < 1.29 is 14.3 Å². The second-order valence-corrected chi connectivity index (χ2v) is 5.66. The molecular weight excluding hydrogens is 304 g/mol. The van der Waals surface area contributed by atoms with Crippen LogP contribution in [0, 0.1) is 0 Å². The van der Waals surface area contributed by atoms with Gasteiger partial charge in [-0.3, -0.25) is 4.79 Å². The Morgan fingerprint density at radius 1 is 1.04 bits per heavy atom. The lowest BCUT2D eigenvalue weighted by Gasteiger charge is -2.13. The summed E-state index contributed by atoms with van der Waals surface area (Å²) in [7, 11) is 0. The molecule has 0 aliphatic carbocycles. The molecule has 0 radical (unpaired) electrons. The van der Waals surface area contributed by atoms with Gasteiger partial charge in [-0.15, -0.1) is 0 Å². The van der Waals surface area contributed by atoms with Crippen molar-refractivity contribution in [1.82, 2.24) is 5.32 Å². The maximum atomic E-state index is 11.9. The van der Waals surface area contributed by atoms with Crippen LogP contribution in [0.3, 0.4) is 0 Å². The lowest BCUT2D eigenvalue weighted by molar-refractivity contribution is -0.119. The highest BCUT2D eigenvalue weighted by molar-refractivity contribution is 5.81. The minimum Gasteiger partial charge on any atom is -0.489 e. The molecule has 5 heteroatoms. The third-order valence-electron chi connectivity index (χ3n) is 3.62. The number of rotatable bonds is 14. The topological polar surface area (TPSA) is 59.6 Å². The Morgan fingerprint density at radius 2 is 1.83 bits per heavy atom. The first kappa shape index (κ1) is 20.3. The first-order valence-corrected chi connectivity index (χ1v) is 9.08. The van der Waals surface area contributed by atoms with E-state index in [0.717, 1.165) is 24.4 Å². The van der Waals surface area contributed by atoms with Gasteiger partial charge < -0.3 is 20.1 Å². The number of unbranched alkanes of at least 4 members (excludes halogenated alkanes) is 4. The maximum absolute atomic E-state index is 11.9. The summed E-state index contributed by atoms with van der Waals surface area (Å²) in [5.41, 5.74) is 0.826. The standard InChI is InChI=1S/C19H32N2O3/c1-3-5-6-7-10-13-20-19(22)16-21-17-11-8-9-12-18(17)24-15-14-23-4-2/h8-9,11-12,21H,3-7,10,13-16H2,1-2H3,(H,20,22). The molecule has 0 bridgehead atoms. The van der Waals surface area contributed by atoms with E-state index >= 15 is 0 Å². The van der Waals surface area contributed by atoms with E-state index in [1.807, 2.05) is 31.2 Å². The van der Waals surface area contributed by atoms with E-state index in [-0.39, 0.29) is 12.5 Å². The first-order chi connectivity index (χ1) is 11.8. The minimum atomic E-state index is 0.00890. The van der Waals surface area contributed by atoms with Gasteiger partial charge in [-0.2, -0.15) is 0 Å². The summed E-state index contributed by atoms with van der Waals surface area (Å²) in [6.07, 6.45) is 5.98. The molecule has 136 valence electrons. The summed E-state index contributed by atoms with van der Waals surface area (Å²) >= 11 is 0. The Hall–Kier alpha value is -1.75. The minimum absolute atomic E-state index is 0.00890. The van der Waals surface area contributed by atoms with E-state index in [2.05, 4.69) is 17.6 Å². The second-order valence-electron chi connectivity index (χ2n) is 5.66. The molecule has 24 heavy (non-hydrogen) atoms. The van der Waals surface area contributed by atoms with Crippen molar-refractivity contribution in [3.63, 3.8) is 0 Å². The fourth-order valence-electron chi connectivity index (χ4n) is 2.29. The highest BCUT2D eigenvalue weighted by atomic mass is 16.5.